The van der Waals surface area contributed by atoms with Crippen LogP contribution in [0.2, 0.25) is 0 Å². The fourth-order valence-electron chi connectivity index (χ4n) is 2.20. The number of ether oxygens (including phenoxy) is 1. The summed E-state index contributed by atoms with van der Waals surface area (Å²) >= 11 is 0. The molecule has 2 aromatic rings. The highest BCUT2D eigenvalue weighted by molar-refractivity contribution is 6.08. The Hall–Kier alpha value is -3.02. The molecule has 0 radical (unpaired) electrons. The van der Waals surface area contributed by atoms with Crippen LogP contribution >= 0.6 is 0 Å². The van der Waals surface area contributed by atoms with Crippen LogP contribution in [0.4, 0.5) is 5.69 Å². The number of aromatic nitrogens is 1. The molecule has 0 aliphatic carbocycles. The smallest absolute Gasteiger partial charge is 0.339 e. The predicted octanol–water partition coefficient (Wildman–Crippen LogP) is 3.02. The number of pyridine rings is 1. The third-order valence-corrected chi connectivity index (χ3v) is 3.37. The molecule has 1 amide bonds. The molecule has 6 heteroatoms. The van der Waals surface area contributed by atoms with Gasteiger partial charge < -0.3 is 10.1 Å². The maximum Gasteiger partial charge on any atom is 0.339 e. The molecule has 0 saturated heterocycles. The summed E-state index contributed by atoms with van der Waals surface area (Å²) in [5.41, 5.74) is 1.71. The quantitative estimate of drug-likeness (QED) is 0.674. The summed E-state index contributed by atoms with van der Waals surface area (Å²) in [5.74, 6) is -1.08. The third kappa shape index (κ3) is 3.84. The van der Waals surface area contributed by atoms with E-state index in [0.717, 1.165) is 0 Å². The van der Waals surface area contributed by atoms with Gasteiger partial charge in [-0.1, -0.05) is 12.1 Å². The lowest BCUT2D eigenvalue weighted by atomic mass is 10.1. The molecule has 0 atom stereocenters. The molecule has 0 aliphatic rings. The first-order valence-electron chi connectivity index (χ1n) is 7.50. The van der Waals surface area contributed by atoms with Crippen molar-refractivity contribution in [2.75, 3.05) is 11.9 Å². The molecular formula is C18H18N2O4. The van der Waals surface area contributed by atoms with E-state index in [-0.39, 0.29) is 18.1 Å². The number of nitrogens with zero attached hydrogens (tertiary/aromatic N) is 1. The number of esters is 1. The van der Waals surface area contributed by atoms with Crippen molar-refractivity contribution in [1.29, 1.82) is 0 Å². The number of carbonyl (C=O) groups is 3. The van der Waals surface area contributed by atoms with Crippen LogP contribution in [-0.4, -0.2) is 29.3 Å². The molecular weight excluding hydrogens is 308 g/mol. The number of aryl methyl sites for hydroxylation is 1. The third-order valence-electron chi connectivity index (χ3n) is 3.37. The highest BCUT2D eigenvalue weighted by atomic mass is 16.5. The molecule has 24 heavy (non-hydrogen) atoms. The van der Waals surface area contributed by atoms with Crippen LogP contribution in [-0.2, 0) is 4.74 Å². The molecule has 0 fully saturated rings. The number of benzene rings is 1. The number of rotatable bonds is 5. The highest BCUT2D eigenvalue weighted by Gasteiger charge is 2.16. The van der Waals surface area contributed by atoms with Gasteiger partial charge in [0.15, 0.2) is 5.78 Å². The minimum absolute atomic E-state index is 0.146. The predicted molar refractivity (Wildman–Crippen MR) is 89.3 cm³/mol. The lowest BCUT2D eigenvalue weighted by Gasteiger charge is -2.10. The molecule has 0 saturated carbocycles. The molecule has 1 heterocycles. The summed E-state index contributed by atoms with van der Waals surface area (Å²) in [6.07, 6.45) is 0. The largest absolute Gasteiger partial charge is 0.462 e. The van der Waals surface area contributed by atoms with Crippen molar-refractivity contribution in [2.24, 2.45) is 0 Å². The molecule has 0 spiro atoms. The highest BCUT2D eigenvalue weighted by Crippen LogP contribution is 2.17. The lowest BCUT2D eigenvalue weighted by molar-refractivity contribution is 0.0524. The molecule has 6 nitrogen and oxygen atoms in total. The van der Waals surface area contributed by atoms with Crippen LogP contribution in [0.5, 0.6) is 0 Å². The van der Waals surface area contributed by atoms with Gasteiger partial charge in [-0.2, -0.15) is 0 Å². The number of nitrogens with one attached hydrogen (secondary N) is 1. The number of para-hydroxylation sites is 1. The number of amides is 1. The van der Waals surface area contributed by atoms with Crippen LogP contribution < -0.4 is 5.32 Å². The number of anilines is 1. The Bertz CT molecular complexity index is 799. The van der Waals surface area contributed by atoms with E-state index < -0.39 is 11.9 Å². The molecule has 1 aromatic heterocycles. The summed E-state index contributed by atoms with van der Waals surface area (Å²) in [6.45, 7) is 5.05. The minimum atomic E-state index is -0.476. The first kappa shape index (κ1) is 17.3. The molecule has 0 aliphatic heterocycles. The summed E-state index contributed by atoms with van der Waals surface area (Å²) < 4.78 is 4.93. The van der Waals surface area contributed by atoms with Crippen molar-refractivity contribution >= 4 is 23.3 Å². The van der Waals surface area contributed by atoms with Gasteiger partial charge in [0, 0.05) is 5.56 Å². The summed E-state index contributed by atoms with van der Waals surface area (Å²) in [7, 11) is 0. The van der Waals surface area contributed by atoms with Gasteiger partial charge in [-0.25, -0.2) is 9.78 Å². The Kier molecular flexibility index (Phi) is 5.42. The minimum Gasteiger partial charge on any atom is -0.462 e. The Balaban J connectivity index is 2.24. The standard InChI is InChI=1S/C18H18N2O4/c1-4-24-18(23)13-9-10-16(19-11(13)2)17(22)20-15-8-6-5-7-14(15)12(3)21/h5-10H,4H2,1-3H3,(H,20,22). The first-order valence-corrected chi connectivity index (χ1v) is 7.50. The van der Waals surface area contributed by atoms with E-state index in [1.54, 1.807) is 38.1 Å². The van der Waals surface area contributed by atoms with Crippen LogP contribution in [0, 0.1) is 6.92 Å². The molecule has 0 unspecified atom stereocenters. The van der Waals surface area contributed by atoms with Gasteiger partial charge in [-0.3, -0.25) is 9.59 Å². The molecule has 124 valence electrons. The van der Waals surface area contributed by atoms with Crippen molar-refractivity contribution < 1.29 is 19.1 Å². The summed E-state index contributed by atoms with van der Waals surface area (Å²) in [4.78, 5) is 39.9. The van der Waals surface area contributed by atoms with Crippen molar-refractivity contribution in [3.63, 3.8) is 0 Å². The van der Waals surface area contributed by atoms with Gasteiger partial charge in [0.1, 0.15) is 5.69 Å². The fraction of sp³-hybridized carbons (Fsp3) is 0.222. The second kappa shape index (κ2) is 7.50. The van der Waals surface area contributed by atoms with E-state index in [2.05, 4.69) is 10.3 Å². The van der Waals surface area contributed by atoms with Gasteiger partial charge in [-0.15, -0.1) is 0 Å². The van der Waals surface area contributed by atoms with E-state index in [1.807, 2.05) is 0 Å². The maximum absolute atomic E-state index is 12.3. The van der Waals surface area contributed by atoms with Gasteiger partial charge in [0.2, 0.25) is 0 Å². The molecule has 1 aromatic carbocycles. The van der Waals surface area contributed by atoms with E-state index >= 15 is 0 Å². The summed E-state index contributed by atoms with van der Waals surface area (Å²) in [5, 5.41) is 2.67. The average Bonchev–Trinajstić information content (AvgIpc) is 2.55. The van der Waals surface area contributed by atoms with Crippen LogP contribution in [0.1, 0.15) is 50.7 Å². The van der Waals surface area contributed by atoms with E-state index in [1.165, 1.54) is 19.1 Å². The maximum atomic E-state index is 12.3. The fourth-order valence-corrected chi connectivity index (χ4v) is 2.20. The van der Waals surface area contributed by atoms with Crippen molar-refractivity contribution in [3.05, 3.63) is 58.9 Å². The van der Waals surface area contributed by atoms with Crippen molar-refractivity contribution in [2.45, 2.75) is 20.8 Å². The topological polar surface area (TPSA) is 85.4 Å². The van der Waals surface area contributed by atoms with Crippen LogP contribution in [0.15, 0.2) is 36.4 Å². The van der Waals surface area contributed by atoms with E-state index in [9.17, 15) is 14.4 Å². The zero-order valence-electron chi connectivity index (χ0n) is 13.8. The number of hydrogen-bond acceptors (Lipinski definition) is 5. The summed E-state index contributed by atoms with van der Waals surface area (Å²) in [6, 6.07) is 9.69. The Morgan fingerprint density at radius 3 is 2.42 bits per heavy atom. The van der Waals surface area contributed by atoms with Crippen LogP contribution in [0.25, 0.3) is 0 Å². The zero-order valence-corrected chi connectivity index (χ0v) is 13.8. The van der Waals surface area contributed by atoms with E-state index in [0.29, 0.717) is 22.5 Å². The number of hydrogen-bond donors (Lipinski definition) is 1. The Morgan fingerprint density at radius 2 is 1.79 bits per heavy atom. The SMILES string of the molecule is CCOC(=O)c1ccc(C(=O)Nc2ccccc2C(C)=O)nc1C. The van der Waals surface area contributed by atoms with Gasteiger partial charge in [-0.05, 0) is 45.0 Å². The molecule has 0 bridgehead atoms. The second-order valence-electron chi connectivity index (χ2n) is 5.11. The molecule has 2 rings (SSSR count). The van der Waals surface area contributed by atoms with Crippen molar-refractivity contribution in [1.82, 2.24) is 4.98 Å². The molecule has 1 N–H and O–H groups in total. The van der Waals surface area contributed by atoms with Crippen LogP contribution in [0.3, 0.4) is 0 Å². The number of ketones is 1. The number of carbonyl (C=O) groups excluding carboxylic acids is 3. The van der Waals surface area contributed by atoms with Gasteiger partial charge in [0.25, 0.3) is 5.91 Å². The monoisotopic (exact) mass is 326 g/mol. The number of Topliss-reactive ketones (excluding diaryl/α,β-unsaturated/α-hetero) is 1. The zero-order chi connectivity index (χ0) is 17.7. The van der Waals surface area contributed by atoms with Crippen molar-refractivity contribution in [3.8, 4) is 0 Å². The lowest BCUT2D eigenvalue weighted by Crippen LogP contribution is -2.17. The first-order chi connectivity index (χ1) is 11.4. The van der Waals surface area contributed by atoms with E-state index in [4.69, 9.17) is 4.74 Å². The van der Waals surface area contributed by atoms with Gasteiger partial charge in [0.05, 0.1) is 23.6 Å². The van der Waals surface area contributed by atoms with Gasteiger partial charge >= 0.3 is 5.97 Å². The average molecular weight is 326 g/mol. The normalized spacial score (nSPS) is 10.1. The Morgan fingerprint density at radius 1 is 1.08 bits per heavy atom. The second-order valence-corrected chi connectivity index (χ2v) is 5.11. The Labute approximate surface area is 139 Å².